The van der Waals surface area contributed by atoms with Gasteiger partial charge in [0, 0.05) is 18.8 Å². The molecule has 0 bridgehead atoms. The van der Waals surface area contributed by atoms with Gasteiger partial charge in [-0.2, -0.15) is 0 Å². The van der Waals surface area contributed by atoms with Gasteiger partial charge in [0.25, 0.3) is 0 Å². The highest BCUT2D eigenvalue weighted by Crippen LogP contribution is 2.30. The standard InChI is InChI=1S/C20H23N3O3/c24-19(21-12-17-5-3-11-26-17)14-22-9-7-16(13-22)20(25)23-10-8-15-4-1-2-6-18(15)23/h1-6,11,16H,7-10,12-14H2,(H,21,24). The number of hydrogen-bond acceptors (Lipinski definition) is 4. The number of benzene rings is 1. The quantitative estimate of drug-likeness (QED) is 0.890. The summed E-state index contributed by atoms with van der Waals surface area (Å²) in [5.41, 5.74) is 2.29. The van der Waals surface area contributed by atoms with Crippen LogP contribution in [0.25, 0.3) is 0 Å². The number of nitrogens with one attached hydrogen (secondary N) is 1. The summed E-state index contributed by atoms with van der Waals surface area (Å²) in [6.07, 6.45) is 3.32. The van der Waals surface area contributed by atoms with Crippen molar-refractivity contribution in [2.24, 2.45) is 5.92 Å². The van der Waals surface area contributed by atoms with E-state index in [1.165, 1.54) is 5.56 Å². The first kappa shape index (κ1) is 16.8. The summed E-state index contributed by atoms with van der Waals surface area (Å²) in [4.78, 5) is 29.0. The average Bonchev–Trinajstić information content (AvgIpc) is 3.39. The van der Waals surface area contributed by atoms with Crippen molar-refractivity contribution < 1.29 is 14.0 Å². The third-order valence-electron chi connectivity index (χ3n) is 5.18. The van der Waals surface area contributed by atoms with Crippen molar-refractivity contribution in [3.8, 4) is 0 Å². The predicted molar refractivity (Wildman–Crippen MR) is 97.6 cm³/mol. The molecule has 2 amide bonds. The first-order chi connectivity index (χ1) is 12.7. The van der Waals surface area contributed by atoms with Crippen LogP contribution in [0.3, 0.4) is 0 Å². The number of hydrogen-bond donors (Lipinski definition) is 1. The van der Waals surface area contributed by atoms with Crippen LogP contribution in [0.5, 0.6) is 0 Å². The first-order valence-corrected chi connectivity index (χ1v) is 9.11. The van der Waals surface area contributed by atoms with E-state index in [9.17, 15) is 9.59 Å². The summed E-state index contributed by atoms with van der Waals surface area (Å²) < 4.78 is 5.21. The van der Waals surface area contributed by atoms with Crippen LogP contribution in [0.15, 0.2) is 47.1 Å². The largest absolute Gasteiger partial charge is 0.467 e. The number of anilines is 1. The zero-order chi connectivity index (χ0) is 17.9. The Morgan fingerprint density at radius 1 is 1.15 bits per heavy atom. The number of fused-ring (bicyclic) bond motifs is 1. The molecule has 26 heavy (non-hydrogen) atoms. The molecule has 1 N–H and O–H groups in total. The fourth-order valence-corrected chi connectivity index (χ4v) is 3.82. The van der Waals surface area contributed by atoms with Gasteiger partial charge in [-0.1, -0.05) is 18.2 Å². The summed E-state index contributed by atoms with van der Waals surface area (Å²) >= 11 is 0. The lowest BCUT2D eigenvalue weighted by atomic mass is 10.1. The van der Waals surface area contributed by atoms with E-state index < -0.39 is 0 Å². The molecule has 4 rings (SSSR count). The van der Waals surface area contributed by atoms with Crippen molar-refractivity contribution in [1.82, 2.24) is 10.2 Å². The van der Waals surface area contributed by atoms with Crippen LogP contribution in [0, 0.1) is 5.92 Å². The lowest BCUT2D eigenvalue weighted by molar-refractivity contribution is -0.124. The Labute approximate surface area is 152 Å². The molecule has 136 valence electrons. The molecule has 2 aromatic rings. The number of carbonyl (C=O) groups excluding carboxylic acids is 2. The molecular weight excluding hydrogens is 330 g/mol. The maximum Gasteiger partial charge on any atom is 0.234 e. The normalized spacial score (nSPS) is 19.5. The molecule has 0 radical (unpaired) electrons. The Bertz CT molecular complexity index is 787. The molecule has 1 saturated heterocycles. The van der Waals surface area contributed by atoms with Crippen molar-refractivity contribution in [3.05, 3.63) is 54.0 Å². The Kier molecular flexibility index (Phi) is 4.75. The van der Waals surface area contributed by atoms with Crippen LogP contribution in [0.1, 0.15) is 17.7 Å². The fourth-order valence-electron chi connectivity index (χ4n) is 3.82. The Morgan fingerprint density at radius 2 is 2.04 bits per heavy atom. The van der Waals surface area contributed by atoms with Gasteiger partial charge in [0.1, 0.15) is 5.76 Å². The Balaban J connectivity index is 1.28. The Morgan fingerprint density at radius 3 is 2.88 bits per heavy atom. The predicted octanol–water partition coefficient (Wildman–Crippen LogP) is 1.81. The molecule has 1 fully saturated rings. The molecule has 1 unspecified atom stereocenters. The van der Waals surface area contributed by atoms with Crippen LogP contribution in [-0.4, -0.2) is 42.9 Å². The third kappa shape index (κ3) is 3.51. The summed E-state index contributed by atoms with van der Waals surface area (Å²) in [7, 11) is 0. The zero-order valence-corrected chi connectivity index (χ0v) is 14.7. The molecule has 6 heteroatoms. The monoisotopic (exact) mass is 353 g/mol. The van der Waals surface area contributed by atoms with Crippen LogP contribution >= 0.6 is 0 Å². The molecule has 1 aromatic carbocycles. The van der Waals surface area contributed by atoms with E-state index in [0.29, 0.717) is 19.6 Å². The molecule has 6 nitrogen and oxygen atoms in total. The molecular formula is C20H23N3O3. The lowest BCUT2D eigenvalue weighted by Crippen LogP contribution is -2.38. The number of furan rings is 1. The van der Waals surface area contributed by atoms with Gasteiger partial charge in [-0.15, -0.1) is 0 Å². The van der Waals surface area contributed by atoms with Gasteiger partial charge in [0.2, 0.25) is 11.8 Å². The number of carbonyl (C=O) groups is 2. The molecule has 1 aromatic heterocycles. The van der Waals surface area contributed by atoms with E-state index in [1.807, 2.05) is 29.2 Å². The molecule has 0 aliphatic carbocycles. The highest BCUT2D eigenvalue weighted by molar-refractivity contribution is 5.97. The van der Waals surface area contributed by atoms with E-state index in [4.69, 9.17) is 4.42 Å². The second kappa shape index (κ2) is 7.33. The molecule has 0 spiro atoms. The number of nitrogens with zero attached hydrogens (tertiary/aromatic N) is 2. The zero-order valence-electron chi connectivity index (χ0n) is 14.7. The van der Waals surface area contributed by atoms with Crippen LogP contribution in [0.2, 0.25) is 0 Å². The van der Waals surface area contributed by atoms with Gasteiger partial charge in [-0.3, -0.25) is 14.5 Å². The van der Waals surface area contributed by atoms with Crippen molar-refractivity contribution in [3.63, 3.8) is 0 Å². The molecule has 3 heterocycles. The van der Waals surface area contributed by atoms with Crippen LogP contribution in [0.4, 0.5) is 5.69 Å². The van der Waals surface area contributed by atoms with Gasteiger partial charge < -0.3 is 14.6 Å². The number of likely N-dealkylation sites (tertiary alicyclic amines) is 1. The number of rotatable bonds is 5. The minimum atomic E-state index is -0.0407. The van der Waals surface area contributed by atoms with Crippen molar-refractivity contribution in [2.75, 3.05) is 31.1 Å². The Hall–Kier alpha value is -2.60. The van der Waals surface area contributed by atoms with Crippen molar-refractivity contribution in [1.29, 1.82) is 0 Å². The number of amides is 2. The van der Waals surface area contributed by atoms with E-state index >= 15 is 0 Å². The summed E-state index contributed by atoms with van der Waals surface area (Å²) in [5, 5.41) is 2.85. The molecule has 2 aliphatic heterocycles. The second-order valence-electron chi connectivity index (χ2n) is 6.95. The molecule has 1 atom stereocenters. The maximum atomic E-state index is 12.9. The van der Waals surface area contributed by atoms with Gasteiger partial charge >= 0.3 is 0 Å². The number of para-hydroxylation sites is 1. The smallest absolute Gasteiger partial charge is 0.234 e. The van der Waals surface area contributed by atoms with E-state index in [0.717, 1.165) is 37.4 Å². The van der Waals surface area contributed by atoms with E-state index in [1.54, 1.807) is 12.3 Å². The maximum absolute atomic E-state index is 12.9. The van der Waals surface area contributed by atoms with Gasteiger partial charge in [-0.25, -0.2) is 0 Å². The lowest BCUT2D eigenvalue weighted by Gasteiger charge is -2.21. The highest BCUT2D eigenvalue weighted by atomic mass is 16.3. The fraction of sp³-hybridized carbons (Fsp3) is 0.400. The highest BCUT2D eigenvalue weighted by Gasteiger charge is 2.34. The molecule has 0 saturated carbocycles. The topological polar surface area (TPSA) is 65.8 Å². The second-order valence-corrected chi connectivity index (χ2v) is 6.95. The minimum absolute atomic E-state index is 0.0287. The van der Waals surface area contributed by atoms with Crippen LogP contribution in [-0.2, 0) is 22.6 Å². The third-order valence-corrected chi connectivity index (χ3v) is 5.18. The average molecular weight is 353 g/mol. The van der Waals surface area contributed by atoms with E-state index in [2.05, 4.69) is 16.3 Å². The van der Waals surface area contributed by atoms with Gasteiger partial charge in [0.05, 0.1) is 25.3 Å². The minimum Gasteiger partial charge on any atom is -0.467 e. The van der Waals surface area contributed by atoms with Crippen molar-refractivity contribution >= 4 is 17.5 Å². The van der Waals surface area contributed by atoms with Crippen molar-refractivity contribution in [2.45, 2.75) is 19.4 Å². The summed E-state index contributed by atoms with van der Waals surface area (Å²) in [6.45, 7) is 2.90. The van der Waals surface area contributed by atoms with Gasteiger partial charge in [0.15, 0.2) is 0 Å². The SMILES string of the molecule is O=C(CN1CCC(C(=O)N2CCc3ccccc32)C1)NCc1ccco1. The first-order valence-electron chi connectivity index (χ1n) is 9.11. The summed E-state index contributed by atoms with van der Waals surface area (Å²) in [5.74, 6) is 0.856. The summed E-state index contributed by atoms with van der Waals surface area (Å²) in [6, 6.07) is 11.7. The van der Waals surface area contributed by atoms with Gasteiger partial charge in [-0.05, 0) is 43.1 Å². The molecule has 2 aliphatic rings. The van der Waals surface area contributed by atoms with Crippen LogP contribution < -0.4 is 10.2 Å². The van der Waals surface area contributed by atoms with E-state index in [-0.39, 0.29) is 17.7 Å².